The van der Waals surface area contributed by atoms with E-state index in [0.29, 0.717) is 5.56 Å². The molecule has 0 saturated heterocycles. The number of Topliss-reactive ketones (excluding diaryl/α,β-unsaturated/α-hetero) is 1. The number of hydrogen-bond donors (Lipinski definition) is 0. The summed E-state index contributed by atoms with van der Waals surface area (Å²) in [5, 5.41) is 10.8. The van der Waals surface area contributed by atoms with Crippen LogP contribution >= 0.6 is 11.6 Å². The zero-order chi connectivity index (χ0) is 18.2. The Labute approximate surface area is 148 Å². The lowest BCUT2D eigenvalue weighted by Gasteiger charge is -2.14. The summed E-state index contributed by atoms with van der Waals surface area (Å²) in [6, 6.07) is 11.0. The minimum atomic E-state index is -4.22. The Morgan fingerprint density at radius 2 is 1.72 bits per heavy atom. The molecular formula is C17H9ClNO5S-. The van der Waals surface area contributed by atoms with Crippen LogP contribution in [0.1, 0.15) is 26.3 Å². The molecule has 0 unspecified atom stereocenters. The topological polar surface area (TPSA) is 104 Å². The number of carbonyl (C=O) groups is 2. The number of carbonyl (C=O) groups excluding carboxylic acids is 2. The summed E-state index contributed by atoms with van der Waals surface area (Å²) in [6.45, 7) is 0. The molecule has 3 rings (SSSR count). The highest BCUT2D eigenvalue weighted by Crippen LogP contribution is 2.25. The summed E-state index contributed by atoms with van der Waals surface area (Å²) in [5.74, 6) is -1.92. The molecule has 1 aliphatic rings. The van der Waals surface area contributed by atoms with E-state index in [-0.39, 0.29) is 26.8 Å². The van der Waals surface area contributed by atoms with Gasteiger partial charge in [-0.25, -0.2) is 0 Å². The van der Waals surface area contributed by atoms with Gasteiger partial charge in [-0.2, -0.15) is 12.8 Å². The van der Waals surface area contributed by atoms with E-state index in [1.165, 1.54) is 30.3 Å². The number of halogens is 1. The van der Waals surface area contributed by atoms with Gasteiger partial charge in [0.25, 0.3) is 10.0 Å². The second-order valence-corrected chi connectivity index (χ2v) is 7.15. The molecule has 1 aliphatic carbocycles. The second kappa shape index (κ2) is 6.27. The van der Waals surface area contributed by atoms with Gasteiger partial charge in [0.05, 0.1) is 21.6 Å². The maximum Gasteiger partial charge on any atom is 0.282 e. The number of hydrogen-bond acceptors (Lipinski definition) is 5. The van der Waals surface area contributed by atoms with Crippen LogP contribution in [0.4, 0.5) is 0 Å². The number of fused-ring (bicyclic) bond motifs is 1. The van der Waals surface area contributed by atoms with Crippen molar-refractivity contribution >= 4 is 39.1 Å². The van der Waals surface area contributed by atoms with Crippen molar-refractivity contribution in [3.05, 3.63) is 76.3 Å². The first kappa shape index (κ1) is 17.1. The van der Waals surface area contributed by atoms with Gasteiger partial charge < -0.3 is 9.90 Å². The molecule has 0 radical (unpaired) electrons. The number of nitrogens with zero attached hydrogens (tertiary/aromatic N) is 1. The SMILES string of the molecule is O=C([O-])c1cccc(S(=O)(=O)N=C2C=C(Cl)C(=O)c3ccccc32)c1. The van der Waals surface area contributed by atoms with Crippen LogP contribution in [0.25, 0.3) is 0 Å². The highest BCUT2D eigenvalue weighted by molar-refractivity contribution is 7.90. The molecule has 25 heavy (non-hydrogen) atoms. The molecule has 0 aromatic heterocycles. The Hall–Kier alpha value is -2.77. The Kier molecular flexibility index (Phi) is 4.28. The zero-order valence-electron chi connectivity index (χ0n) is 12.5. The lowest BCUT2D eigenvalue weighted by Crippen LogP contribution is -2.22. The van der Waals surface area contributed by atoms with E-state index in [9.17, 15) is 23.1 Å². The number of rotatable bonds is 3. The van der Waals surface area contributed by atoms with Crippen LogP contribution in [-0.2, 0) is 10.0 Å². The van der Waals surface area contributed by atoms with Crippen molar-refractivity contribution in [3.63, 3.8) is 0 Å². The van der Waals surface area contributed by atoms with Gasteiger partial charge in [-0.1, -0.05) is 48.0 Å². The van der Waals surface area contributed by atoms with E-state index in [1.807, 2.05) is 0 Å². The van der Waals surface area contributed by atoms with Gasteiger partial charge in [-0.15, -0.1) is 0 Å². The normalized spacial score (nSPS) is 15.6. The first-order chi connectivity index (χ1) is 11.8. The quantitative estimate of drug-likeness (QED) is 0.810. The largest absolute Gasteiger partial charge is 0.545 e. The Morgan fingerprint density at radius 3 is 2.40 bits per heavy atom. The minimum Gasteiger partial charge on any atom is -0.545 e. The third kappa shape index (κ3) is 3.24. The van der Waals surface area contributed by atoms with Crippen molar-refractivity contribution in [3.8, 4) is 0 Å². The summed E-state index contributed by atoms with van der Waals surface area (Å²) in [4.78, 5) is 22.6. The van der Waals surface area contributed by atoms with E-state index in [0.717, 1.165) is 6.07 Å². The molecule has 0 fully saturated rings. The van der Waals surface area contributed by atoms with Crippen molar-refractivity contribution in [1.82, 2.24) is 0 Å². The number of ketones is 1. The van der Waals surface area contributed by atoms with E-state index >= 15 is 0 Å². The van der Waals surface area contributed by atoms with Gasteiger partial charge >= 0.3 is 0 Å². The fourth-order valence-corrected chi connectivity index (χ4v) is 3.58. The van der Waals surface area contributed by atoms with Gasteiger partial charge in [-0.05, 0) is 23.8 Å². The van der Waals surface area contributed by atoms with E-state index in [2.05, 4.69) is 4.40 Å². The molecule has 0 heterocycles. The molecule has 0 amide bonds. The predicted molar refractivity (Wildman–Crippen MR) is 89.2 cm³/mol. The van der Waals surface area contributed by atoms with E-state index < -0.39 is 21.8 Å². The zero-order valence-corrected chi connectivity index (χ0v) is 14.0. The maximum absolute atomic E-state index is 12.5. The molecule has 6 nitrogen and oxygen atoms in total. The van der Waals surface area contributed by atoms with E-state index in [1.54, 1.807) is 18.2 Å². The highest BCUT2D eigenvalue weighted by Gasteiger charge is 2.25. The van der Waals surface area contributed by atoms with Crippen LogP contribution in [0.5, 0.6) is 0 Å². The molecule has 0 saturated carbocycles. The Bertz CT molecular complexity index is 1070. The minimum absolute atomic E-state index is 0.000877. The number of carboxylic acids is 1. The smallest absolute Gasteiger partial charge is 0.282 e. The van der Waals surface area contributed by atoms with Crippen molar-refractivity contribution in [2.24, 2.45) is 4.40 Å². The first-order valence-electron chi connectivity index (χ1n) is 6.97. The number of sulfonamides is 1. The molecule has 0 aliphatic heterocycles. The summed E-state index contributed by atoms with van der Waals surface area (Å²) in [6.07, 6.45) is 1.17. The van der Waals surface area contributed by atoms with Crippen LogP contribution in [0.15, 0.2) is 68.9 Å². The molecule has 0 atom stereocenters. The van der Waals surface area contributed by atoms with Crippen LogP contribution in [-0.4, -0.2) is 25.9 Å². The first-order valence-corrected chi connectivity index (χ1v) is 8.79. The fraction of sp³-hybridized carbons (Fsp3) is 0. The summed E-state index contributed by atoms with van der Waals surface area (Å²) in [5.41, 5.74) is 0.289. The van der Waals surface area contributed by atoms with Crippen molar-refractivity contribution < 1.29 is 23.1 Å². The molecule has 0 N–H and O–H groups in total. The van der Waals surface area contributed by atoms with Crippen LogP contribution in [0.2, 0.25) is 0 Å². The van der Waals surface area contributed by atoms with Gasteiger partial charge in [0.2, 0.25) is 5.78 Å². The Morgan fingerprint density at radius 1 is 1.04 bits per heavy atom. The average Bonchev–Trinajstić information content (AvgIpc) is 2.59. The van der Waals surface area contributed by atoms with Crippen molar-refractivity contribution in [2.75, 3.05) is 0 Å². The molecule has 2 aromatic carbocycles. The monoisotopic (exact) mass is 374 g/mol. The molecule has 0 spiro atoms. The second-order valence-electron chi connectivity index (χ2n) is 5.13. The summed E-state index contributed by atoms with van der Waals surface area (Å²) >= 11 is 5.88. The number of carboxylic acid groups (broad SMARTS) is 1. The number of aromatic carboxylic acids is 1. The summed E-state index contributed by atoms with van der Waals surface area (Å²) in [7, 11) is -4.22. The summed E-state index contributed by atoms with van der Waals surface area (Å²) < 4.78 is 28.8. The van der Waals surface area contributed by atoms with Gasteiger partial charge in [0.15, 0.2) is 0 Å². The third-order valence-corrected chi connectivity index (χ3v) is 5.08. The van der Waals surface area contributed by atoms with Crippen molar-refractivity contribution in [2.45, 2.75) is 4.90 Å². The van der Waals surface area contributed by atoms with Gasteiger partial charge in [-0.3, -0.25) is 4.79 Å². The van der Waals surface area contributed by atoms with Crippen LogP contribution < -0.4 is 5.11 Å². The van der Waals surface area contributed by atoms with Gasteiger partial charge in [0.1, 0.15) is 0 Å². The van der Waals surface area contributed by atoms with Crippen molar-refractivity contribution in [1.29, 1.82) is 0 Å². The molecule has 126 valence electrons. The number of allylic oxidation sites excluding steroid dienone is 2. The maximum atomic E-state index is 12.5. The Balaban J connectivity index is 2.15. The molecule has 0 bridgehead atoms. The fourth-order valence-electron chi connectivity index (χ4n) is 2.34. The highest BCUT2D eigenvalue weighted by atomic mass is 35.5. The lowest BCUT2D eigenvalue weighted by atomic mass is 9.94. The molecule has 2 aromatic rings. The van der Waals surface area contributed by atoms with Gasteiger partial charge in [0, 0.05) is 11.1 Å². The number of benzene rings is 2. The molecule has 8 heteroatoms. The lowest BCUT2D eigenvalue weighted by molar-refractivity contribution is -0.255. The molecular weight excluding hydrogens is 366 g/mol. The average molecular weight is 375 g/mol. The van der Waals surface area contributed by atoms with Crippen LogP contribution in [0, 0.1) is 0 Å². The third-order valence-electron chi connectivity index (χ3n) is 3.51. The standard InChI is InChI=1S/C17H10ClNO5S/c18-14-9-15(12-6-1-2-7-13(12)16(14)20)19-25(23,24)11-5-3-4-10(8-11)17(21)22/h1-9H,(H,21,22)/p-1. The predicted octanol–water partition coefficient (Wildman–Crippen LogP) is 1.55. The van der Waals surface area contributed by atoms with Crippen LogP contribution in [0.3, 0.4) is 0 Å². The van der Waals surface area contributed by atoms with E-state index in [4.69, 9.17) is 11.6 Å².